The van der Waals surface area contributed by atoms with Gasteiger partial charge in [0.1, 0.15) is 0 Å². The average molecular weight is 351 g/mol. The van der Waals surface area contributed by atoms with Crippen molar-refractivity contribution in [1.82, 2.24) is 10.2 Å². The molecule has 0 atom stereocenters. The molecule has 3 rings (SSSR count). The van der Waals surface area contributed by atoms with E-state index in [2.05, 4.69) is 15.5 Å². The molecule has 0 unspecified atom stereocenters. The van der Waals surface area contributed by atoms with Gasteiger partial charge in [-0.05, 0) is 44.4 Å². The summed E-state index contributed by atoms with van der Waals surface area (Å²) in [5.74, 6) is 0.199. The lowest BCUT2D eigenvalue weighted by Crippen LogP contribution is -2.38. The van der Waals surface area contributed by atoms with E-state index in [1.54, 1.807) is 0 Å². The molecule has 0 spiro atoms. The summed E-state index contributed by atoms with van der Waals surface area (Å²) in [7, 11) is 0. The normalized spacial score (nSPS) is 18.4. The van der Waals surface area contributed by atoms with Gasteiger partial charge in [-0.25, -0.2) is 0 Å². The Balaban J connectivity index is 1.42. The first-order valence-electron chi connectivity index (χ1n) is 8.63. The standard InChI is InChI=1S/C17H25N3O3S/c1-12-11-14(19-16(21)13-3-4-13)24-15(12)17(22)18-5-2-6-20-7-9-23-10-8-20/h11,13H,2-10H2,1H3,(H,18,22)(H,19,21). The van der Waals surface area contributed by atoms with Gasteiger partial charge in [-0.15, -0.1) is 11.3 Å². The average Bonchev–Trinajstić information content (AvgIpc) is 3.36. The predicted octanol–water partition coefficient (Wildman–Crippen LogP) is 1.86. The van der Waals surface area contributed by atoms with Crippen molar-refractivity contribution in [3.63, 3.8) is 0 Å². The van der Waals surface area contributed by atoms with Crippen LogP contribution in [0.4, 0.5) is 5.00 Å². The van der Waals surface area contributed by atoms with Crippen LogP contribution in [0.2, 0.25) is 0 Å². The van der Waals surface area contributed by atoms with Crippen LogP contribution in [0.15, 0.2) is 6.07 Å². The first kappa shape index (κ1) is 17.4. The zero-order valence-electron chi connectivity index (χ0n) is 14.1. The summed E-state index contributed by atoms with van der Waals surface area (Å²) >= 11 is 1.36. The highest BCUT2D eigenvalue weighted by Gasteiger charge is 2.30. The number of rotatable bonds is 7. The minimum Gasteiger partial charge on any atom is -0.379 e. The number of hydrogen-bond donors (Lipinski definition) is 2. The second-order valence-electron chi connectivity index (χ2n) is 6.45. The third-order valence-corrected chi connectivity index (χ3v) is 5.51. The molecule has 1 saturated carbocycles. The van der Waals surface area contributed by atoms with Crippen LogP contribution in [0.3, 0.4) is 0 Å². The number of ether oxygens (including phenoxy) is 1. The first-order chi connectivity index (χ1) is 11.6. The van der Waals surface area contributed by atoms with Gasteiger partial charge in [-0.3, -0.25) is 14.5 Å². The summed E-state index contributed by atoms with van der Waals surface area (Å²) in [5.41, 5.74) is 0.914. The molecule has 1 aliphatic heterocycles. The molecule has 1 aliphatic carbocycles. The zero-order chi connectivity index (χ0) is 16.9. The first-order valence-corrected chi connectivity index (χ1v) is 9.45. The van der Waals surface area contributed by atoms with Gasteiger partial charge in [0, 0.05) is 25.6 Å². The Morgan fingerprint density at radius 3 is 2.79 bits per heavy atom. The van der Waals surface area contributed by atoms with Crippen LogP contribution in [0.25, 0.3) is 0 Å². The van der Waals surface area contributed by atoms with E-state index in [1.807, 2.05) is 13.0 Å². The molecule has 7 heteroatoms. The van der Waals surface area contributed by atoms with Gasteiger partial charge in [0.25, 0.3) is 5.91 Å². The Kier molecular flexibility index (Phi) is 5.86. The summed E-state index contributed by atoms with van der Waals surface area (Å²) < 4.78 is 5.32. The van der Waals surface area contributed by atoms with Crippen molar-refractivity contribution >= 4 is 28.2 Å². The molecule has 1 aromatic heterocycles. The van der Waals surface area contributed by atoms with Gasteiger partial charge in [0.2, 0.25) is 5.91 Å². The van der Waals surface area contributed by atoms with Crippen LogP contribution in [-0.2, 0) is 9.53 Å². The second-order valence-corrected chi connectivity index (χ2v) is 7.50. The molecular weight excluding hydrogens is 326 g/mol. The molecule has 2 amide bonds. The molecule has 1 aromatic rings. The molecule has 6 nitrogen and oxygen atoms in total. The number of carbonyl (C=O) groups excluding carboxylic acids is 2. The number of nitrogens with zero attached hydrogens (tertiary/aromatic N) is 1. The fourth-order valence-electron chi connectivity index (χ4n) is 2.75. The summed E-state index contributed by atoms with van der Waals surface area (Å²) in [5, 5.41) is 6.66. The second kappa shape index (κ2) is 8.09. The van der Waals surface area contributed by atoms with Gasteiger partial charge < -0.3 is 15.4 Å². The number of morpholine rings is 1. The van der Waals surface area contributed by atoms with E-state index < -0.39 is 0 Å². The molecule has 0 aromatic carbocycles. The van der Waals surface area contributed by atoms with Crippen molar-refractivity contribution < 1.29 is 14.3 Å². The lowest BCUT2D eigenvalue weighted by molar-refractivity contribution is -0.117. The SMILES string of the molecule is Cc1cc(NC(=O)C2CC2)sc1C(=O)NCCCN1CCOCC1. The lowest BCUT2D eigenvalue weighted by atomic mass is 10.2. The molecule has 24 heavy (non-hydrogen) atoms. The maximum Gasteiger partial charge on any atom is 0.261 e. The smallest absolute Gasteiger partial charge is 0.261 e. The van der Waals surface area contributed by atoms with Crippen LogP contribution in [0.1, 0.15) is 34.5 Å². The number of nitrogens with one attached hydrogen (secondary N) is 2. The quantitative estimate of drug-likeness (QED) is 0.736. The summed E-state index contributed by atoms with van der Waals surface area (Å²) in [4.78, 5) is 27.2. The van der Waals surface area contributed by atoms with Gasteiger partial charge >= 0.3 is 0 Å². The molecule has 2 heterocycles. The number of thiophene rings is 1. The number of anilines is 1. The molecule has 0 radical (unpaired) electrons. The maximum absolute atomic E-state index is 12.3. The molecular formula is C17H25N3O3S. The Hall–Kier alpha value is -1.44. The van der Waals surface area contributed by atoms with Crippen LogP contribution in [0.5, 0.6) is 0 Å². The number of carbonyl (C=O) groups is 2. The third kappa shape index (κ3) is 4.78. The van der Waals surface area contributed by atoms with Crippen molar-refractivity contribution in [2.24, 2.45) is 5.92 Å². The maximum atomic E-state index is 12.3. The fraction of sp³-hybridized carbons (Fsp3) is 0.647. The van der Waals surface area contributed by atoms with E-state index in [1.165, 1.54) is 11.3 Å². The largest absolute Gasteiger partial charge is 0.379 e. The molecule has 2 fully saturated rings. The number of aryl methyl sites for hydroxylation is 1. The van der Waals surface area contributed by atoms with Gasteiger partial charge in [0.05, 0.1) is 23.1 Å². The minimum atomic E-state index is -0.0496. The van der Waals surface area contributed by atoms with Crippen molar-refractivity contribution in [3.8, 4) is 0 Å². The van der Waals surface area contributed by atoms with Crippen LogP contribution < -0.4 is 10.6 Å². The summed E-state index contributed by atoms with van der Waals surface area (Å²) in [6.45, 7) is 7.11. The Morgan fingerprint density at radius 2 is 2.08 bits per heavy atom. The van der Waals surface area contributed by atoms with E-state index in [9.17, 15) is 9.59 Å². The Morgan fingerprint density at radius 1 is 1.33 bits per heavy atom. The van der Waals surface area contributed by atoms with Crippen molar-refractivity contribution in [2.75, 3.05) is 44.7 Å². The fourth-order valence-corrected chi connectivity index (χ4v) is 3.74. The topological polar surface area (TPSA) is 70.7 Å². The van der Waals surface area contributed by atoms with E-state index in [0.29, 0.717) is 11.4 Å². The third-order valence-electron chi connectivity index (χ3n) is 4.36. The van der Waals surface area contributed by atoms with Crippen LogP contribution >= 0.6 is 11.3 Å². The molecule has 0 bridgehead atoms. The van der Waals surface area contributed by atoms with Crippen molar-refractivity contribution in [2.45, 2.75) is 26.2 Å². The van der Waals surface area contributed by atoms with Crippen molar-refractivity contribution in [3.05, 3.63) is 16.5 Å². The van der Waals surface area contributed by atoms with Crippen LogP contribution in [-0.4, -0.2) is 56.1 Å². The lowest BCUT2D eigenvalue weighted by Gasteiger charge is -2.26. The highest BCUT2D eigenvalue weighted by atomic mass is 32.1. The summed E-state index contributed by atoms with van der Waals surface area (Å²) in [6, 6.07) is 1.88. The zero-order valence-corrected chi connectivity index (χ0v) is 14.9. The molecule has 2 N–H and O–H groups in total. The van der Waals surface area contributed by atoms with Crippen molar-refractivity contribution in [1.29, 1.82) is 0 Å². The number of amides is 2. The van der Waals surface area contributed by atoms with E-state index in [4.69, 9.17) is 4.74 Å². The molecule has 1 saturated heterocycles. The highest BCUT2D eigenvalue weighted by molar-refractivity contribution is 7.18. The predicted molar refractivity (Wildman–Crippen MR) is 94.6 cm³/mol. The minimum absolute atomic E-state index is 0.0496. The Labute approximate surface area is 146 Å². The summed E-state index contributed by atoms with van der Waals surface area (Å²) in [6.07, 6.45) is 2.89. The highest BCUT2D eigenvalue weighted by Crippen LogP contribution is 2.32. The Bertz CT molecular complexity index is 592. The van der Waals surface area contributed by atoms with E-state index >= 15 is 0 Å². The van der Waals surface area contributed by atoms with E-state index in [0.717, 1.165) is 62.7 Å². The van der Waals surface area contributed by atoms with Gasteiger partial charge in [-0.2, -0.15) is 0 Å². The molecule has 132 valence electrons. The van der Waals surface area contributed by atoms with Crippen LogP contribution in [0, 0.1) is 12.8 Å². The number of hydrogen-bond acceptors (Lipinski definition) is 5. The van der Waals surface area contributed by atoms with Gasteiger partial charge in [0.15, 0.2) is 0 Å². The monoisotopic (exact) mass is 351 g/mol. The molecule has 2 aliphatic rings. The van der Waals surface area contributed by atoms with E-state index in [-0.39, 0.29) is 17.7 Å². The van der Waals surface area contributed by atoms with Gasteiger partial charge in [-0.1, -0.05) is 0 Å².